The molecule has 0 aliphatic carbocycles. The molecular formula is C28H30ClN7O. The lowest BCUT2D eigenvalue weighted by Crippen LogP contribution is -2.51. The molecule has 1 atom stereocenters. The molecule has 0 radical (unpaired) electrons. The van der Waals surface area contributed by atoms with E-state index in [1.807, 2.05) is 74.5 Å². The Bertz CT molecular complexity index is 1350. The van der Waals surface area contributed by atoms with E-state index in [0.29, 0.717) is 10.7 Å². The maximum atomic E-state index is 13.2. The minimum absolute atomic E-state index is 0.0414. The average molecular weight is 516 g/mol. The fraction of sp³-hybridized carbons (Fsp3) is 0.286. The van der Waals surface area contributed by atoms with Crippen molar-refractivity contribution in [2.24, 2.45) is 0 Å². The van der Waals surface area contributed by atoms with Crippen LogP contribution in [-0.4, -0.2) is 69.3 Å². The first-order valence-corrected chi connectivity index (χ1v) is 12.8. The molecule has 1 N–H and O–H groups in total. The number of halogens is 1. The number of nitrogens with zero attached hydrogens (tertiary/aromatic N) is 6. The Kier molecular flexibility index (Phi) is 7.48. The highest BCUT2D eigenvalue weighted by atomic mass is 35.5. The predicted octanol–water partition coefficient (Wildman–Crippen LogP) is 4.23. The molecule has 1 saturated heterocycles. The molecule has 8 nitrogen and oxygen atoms in total. The van der Waals surface area contributed by atoms with Crippen molar-refractivity contribution in [3.8, 4) is 16.9 Å². The van der Waals surface area contributed by atoms with Crippen LogP contribution in [0.25, 0.3) is 16.9 Å². The van der Waals surface area contributed by atoms with Gasteiger partial charge in [-0.2, -0.15) is 5.10 Å². The second kappa shape index (κ2) is 11.1. The molecule has 3 heterocycles. The van der Waals surface area contributed by atoms with Gasteiger partial charge in [0.2, 0.25) is 5.95 Å². The van der Waals surface area contributed by atoms with Gasteiger partial charge < -0.3 is 10.2 Å². The van der Waals surface area contributed by atoms with Crippen LogP contribution in [0, 0.1) is 6.92 Å². The van der Waals surface area contributed by atoms with Crippen molar-refractivity contribution in [2.45, 2.75) is 19.9 Å². The molecule has 9 heteroatoms. The van der Waals surface area contributed by atoms with Crippen LogP contribution in [0.4, 0.5) is 5.95 Å². The van der Waals surface area contributed by atoms with Crippen molar-refractivity contribution in [2.75, 3.05) is 37.6 Å². The van der Waals surface area contributed by atoms with Gasteiger partial charge >= 0.3 is 0 Å². The van der Waals surface area contributed by atoms with Crippen molar-refractivity contribution in [1.29, 1.82) is 0 Å². The van der Waals surface area contributed by atoms with Crippen LogP contribution in [-0.2, 0) is 0 Å². The third kappa shape index (κ3) is 5.81. The fourth-order valence-electron chi connectivity index (χ4n) is 4.55. The zero-order valence-corrected chi connectivity index (χ0v) is 21.8. The van der Waals surface area contributed by atoms with Crippen LogP contribution in [0.1, 0.15) is 23.0 Å². The zero-order valence-electron chi connectivity index (χ0n) is 21.0. The second-order valence-electron chi connectivity index (χ2n) is 9.35. The van der Waals surface area contributed by atoms with Crippen molar-refractivity contribution in [3.05, 3.63) is 89.3 Å². The lowest BCUT2D eigenvalue weighted by atomic mass is 10.1. The van der Waals surface area contributed by atoms with Crippen LogP contribution in [0.5, 0.6) is 0 Å². The predicted molar refractivity (Wildman–Crippen MR) is 146 cm³/mol. The third-order valence-corrected chi connectivity index (χ3v) is 6.82. The average Bonchev–Trinajstić information content (AvgIpc) is 3.36. The Morgan fingerprint density at radius 3 is 2.41 bits per heavy atom. The number of rotatable bonds is 7. The van der Waals surface area contributed by atoms with E-state index in [1.54, 1.807) is 17.1 Å². The van der Waals surface area contributed by atoms with Gasteiger partial charge in [0.25, 0.3) is 5.91 Å². The number of aromatic nitrogens is 4. The SMILES string of the molecule is Cc1ccc(-n2nc(C(=O)NC(C)CN3CCN(c4ncccn4)CC3)cc2-c2ccccc2Cl)cc1. The monoisotopic (exact) mass is 515 g/mol. The minimum atomic E-state index is -0.206. The molecule has 4 aromatic rings. The van der Waals surface area contributed by atoms with E-state index >= 15 is 0 Å². The molecule has 190 valence electrons. The molecule has 1 fully saturated rings. The quantitative estimate of drug-likeness (QED) is 0.397. The highest BCUT2D eigenvalue weighted by molar-refractivity contribution is 6.33. The number of hydrogen-bond donors (Lipinski definition) is 1. The smallest absolute Gasteiger partial charge is 0.272 e. The van der Waals surface area contributed by atoms with Crippen molar-refractivity contribution >= 4 is 23.5 Å². The summed E-state index contributed by atoms with van der Waals surface area (Å²) in [6.07, 6.45) is 3.53. The van der Waals surface area contributed by atoms with Gasteiger partial charge in [-0.3, -0.25) is 9.69 Å². The lowest BCUT2D eigenvalue weighted by Gasteiger charge is -2.35. The molecule has 5 rings (SSSR count). The van der Waals surface area contributed by atoms with Crippen LogP contribution >= 0.6 is 11.6 Å². The van der Waals surface area contributed by atoms with E-state index in [1.165, 1.54) is 0 Å². The first-order valence-electron chi connectivity index (χ1n) is 12.4. The number of carbonyl (C=O) groups is 1. The Morgan fingerprint density at radius 1 is 1.00 bits per heavy atom. The van der Waals surface area contributed by atoms with Gasteiger partial charge in [-0.15, -0.1) is 0 Å². The molecule has 1 aliphatic rings. The lowest BCUT2D eigenvalue weighted by molar-refractivity contribution is 0.0922. The summed E-state index contributed by atoms with van der Waals surface area (Å²) in [6, 6.07) is 19.2. The summed E-state index contributed by atoms with van der Waals surface area (Å²) < 4.78 is 1.78. The normalized spacial score (nSPS) is 14.9. The van der Waals surface area contributed by atoms with Crippen molar-refractivity contribution in [1.82, 2.24) is 30.0 Å². The summed E-state index contributed by atoms with van der Waals surface area (Å²) in [7, 11) is 0. The molecule has 1 unspecified atom stereocenters. The first kappa shape index (κ1) is 24.9. The molecular weight excluding hydrogens is 486 g/mol. The van der Waals surface area contributed by atoms with Gasteiger partial charge in [-0.05, 0) is 44.2 Å². The highest BCUT2D eigenvalue weighted by Crippen LogP contribution is 2.30. The Labute approximate surface area is 221 Å². The van der Waals surface area contributed by atoms with E-state index in [0.717, 1.165) is 61.2 Å². The van der Waals surface area contributed by atoms with Crippen molar-refractivity contribution in [3.63, 3.8) is 0 Å². The standard InChI is InChI=1S/C28H30ClN7O/c1-20-8-10-22(11-9-20)36-26(23-6-3-4-7-24(23)29)18-25(33-36)27(37)32-21(2)19-34-14-16-35(17-15-34)28-30-12-5-13-31-28/h3-13,18,21H,14-17,19H2,1-2H3,(H,32,37). The summed E-state index contributed by atoms with van der Waals surface area (Å²) in [5, 5.41) is 8.42. The van der Waals surface area contributed by atoms with Crippen molar-refractivity contribution < 1.29 is 4.79 Å². The topological polar surface area (TPSA) is 79.2 Å². The highest BCUT2D eigenvalue weighted by Gasteiger charge is 2.23. The van der Waals surface area contributed by atoms with E-state index in [9.17, 15) is 4.79 Å². The summed E-state index contributed by atoms with van der Waals surface area (Å²) in [4.78, 5) is 26.5. The molecule has 1 aliphatic heterocycles. The van der Waals surface area contributed by atoms with Crippen LogP contribution in [0.3, 0.4) is 0 Å². The van der Waals surface area contributed by atoms with Gasteiger partial charge in [-0.25, -0.2) is 14.6 Å². The third-order valence-electron chi connectivity index (χ3n) is 6.49. The summed E-state index contributed by atoms with van der Waals surface area (Å²) in [5.74, 6) is 0.560. The second-order valence-corrected chi connectivity index (χ2v) is 9.76. The number of amides is 1. The molecule has 1 amide bonds. The summed E-state index contributed by atoms with van der Waals surface area (Å²) in [6.45, 7) is 8.30. The molecule has 0 saturated carbocycles. The molecule has 37 heavy (non-hydrogen) atoms. The van der Waals surface area contributed by atoms with E-state index in [-0.39, 0.29) is 11.9 Å². The van der Waals surface area contributed by atoms with Gasteiger partial charge in [0.05, 0.1) is 11.4 Å². The minimum Gasteiger partial charge on any atom is -0.347 e. The number of anilines is 1. The number of hydrogen-bond acceptors (Lipinski definition) is 6. The summed E-state index contributed by atoms with van der Waals surface area (Å²) >= 11 is 6.52. The van der Waals surface area contributed by atoms with E-state index < -0.39 is 0 Å². The number of aryl methyl sites for hydroxylation is 1. The largest absolute Gasteiger partial charge is 0.347 e. The number of nitrogens with one attached hydrogen (secondary N) is 1. The zero-order chi connectivity index (χ0) is 25.8. The maximum absolute atomic E-state index is 13.2. The molecule has 0 spiro atoms. The Hall–Kier alpha value is -3.75. The van der Waals surface area contributed by atoms with Gasteiger partial charge in [-0.1, -0.05) is 47.5 Å². The summed E-state index contributed by atoms with van der Waals surface area (Å²) in [5.41, 5.74) is 3.97. The molecule has 2 aromatic heterocycles. The molecule has 2 aromatic carbocycles. The van der Waals surface area contributed by atoms with Gasteiger partial charge in [0.1, 0.15) is 0 Å². The Morgan fingerprint density at radius 2 is 1.70 bits per heavy atom. The van der Waals surface area contributed by atoms with Crippen LogP contribution < -0.4 is 10.2 Å². The van der Waals surface area contributed by atoms with E-state index in [2.05, 4.69) is 30.2 Å². The van der Waals surface area contributed by atoms with Crippen LogP contribution in [0.2, 0.25) is 5.02 Å². The Balaban J connectivity index is 1.27. The number of benzene rings is 2. The number of piperazine rings is 1. The van der Waals surface area contributed by atoms with E-state index in [4.69, 9.17) is 11.6 Å². The van der Waals surface area contributed by atoms with Crippen LogP contribution in [0.15, 0.2) is 73.1 Å². The van der Waals surface area contributed by atoms with Gasteiger partial charge in [0.15, 0.2) is 5.69 Å². The maximum Gasteiger partial charge on any atom is 0.272 e. The van der Waals surface area contributed by atoms with Gasteiger partial charge in [0, 0.05) is 61.7 Å². The molecule has 0 bridgehead atoms. The number of carbonyl (C=O) groups excluding carboxylic acids is 1. The first-order chi connectivity index (χ1) is 18.0. The fourth-order valence-corrected chi connectivity index (χ4v) is 4.78.